The lowest BCUT2D eigenvalue weighted by Gasteiger charge is -2.33. The van der Waals surface area contributed by atoms with E-state index in [2.05, 4.69) is 13.8 Å². The Morgan fingerprint density at radius 3 is 1.00 bits per heavy atom. The molecule has 0 aliphatic rings. The standard InChI is InChI=1S/C59H100O6S2/c1-15-17-19-21-23-25-27-29-31-33-35-66-50(67-36-34-32-30-28-26-24-22-20-18-16-2)43-65-54(64)59(53(62)63,41-44-37-46(55(3,4)5)51(60)47(38-44)56(6,7)8)42-45-39-48(57(9,10)11)52(61)49(40-45)58(12,13)14/h37-40,50,60-61H,15-36,41-43H2,1-14H3,(H,62,63). The second-order valence-corrected chi connectivity index (χ2v) is 26.9. The Kier molecular flexibility index (Phi) is 26.4. The Labute approximate surface area is 420 Å². The molecule has 384 valence electrons. The van der Waals surface area contributed by atoms with Gasteiger partial charge in [-0.1, -0.05) is 237 Å². The summed E-state index contributed by atoms with van der Waals surface area (Å²) in [4.78, 5) is 29.2. The van der Waals surface area contributed by atoms with Gasteiger partial charge < -0.3 is 20.1 Å². The minimum Gasteiger partial charge on any atom is -0.507 e. The molecular formula is C59H100O6S2. The van der Waals surface area contributed by atoms with E-state index in [0.29, 0.717) is 33.4 Å². The third-order valence-corrected chi connectivity index (χ3v) is 16.2. The molecule has 0 saturated carbocycles. The van der Waals surface area contributed by atoms with E-state index in [4.69, 9.17) is 4.74 Å². The number of carbonyl (C=O) groups excluding carboxylic acids is 1. The van der Waals surface area contributed by atoms with Gasteiger partial charge in [0.05, 0.1) is 4.58 Å². The number of esters is 1. The van der Waals surface area contributed by atoms with Crippen LogP contribution in [0.5, 0.6) is 11.5 Å². The van der Waals surface area contributed by atoms with Gasteiger partial charge in [0.25, 0.3) is 0 Å². The number of aliphatic carboxylic acids is 1. The van der Waals surface area contributed by atoms with Crippen LogP contribution in [0.3, 0.4) is 0 Å². The highest BCUT2D eigenvalue weighted by Crippen LogP contribution is 2.44. The van der Waals surface area contributed by atoms with E-state index in [0.717, 1.165) is 24.3 Å². The van der Waals surface area contributed by atoms with E-state index in [1.54, 1.807) is 0 Å². The van der Waals surface area contributed by atoms with Crippen LogP contribution >= 0.6 is 23.5 Å². The number of carboxylic acids is 1. The summed E-state index contributed by atoms with van der Waals surface area (Å²) in [5, 5.41) is 34.8. The van der Waals surface area contributed by atoms with Crippen LogP contribution in [-0.4, -0.2) is 50.0 Å². The third-order valence-electron chi connectivity index (χ3n) is 13.3. The minimum absolute atomic E-state index is 0.00473. The quantitative estimate of drug-likeness (QED) is 0.0288. The summed E-state index contributed by atoms with van der Waals surface area (Å²) in [5.41, 5.74) is 0.401. The second kappa shape index (κ2) is 29.1. The molecule has 0 atom stereocenters. The van der Waals surface area contributed by atoms with Gasteiger partial charge in [-0.25, -0.2) is 0 Å². The first kappa shape index (κ1) is 60.8. The number of phenols is 2. The average molecular weight is 970 g/mol. The summed E-state index contributed by atoms with van der Waals surface area (Å²) in [6.07, 6.45) is 25.4. The Hall–Kier alpha value is -2.32. The first-order valence-electron chi connectivity index (χ1n) is 26.7. The monoisotopic (exact) mass is 969 g/mol. The summed E-state index contributed by atoms with van der Waals surface area (Å²) in [5.74, 6) is 0.384. The molecule has 6 nitrogen and oxygen atoms in total. The van der Waals surface area contributed by atoms with Gasteiger partial charge in [-0.15, -0.1) is 23.5 Å². The highest BCUT2D eigenvalue weighted by atomic mass is 32.2. The average Bonchev–Trinajstić information content (AvgIpc) is 3.22. The number of thioether (sulfide) groups is 2. The molecule has 0 bridgehead atoms. The highest BCUT2D eigenvalue weighted by molar-refractivity contribution is 8.17. The maximum atomic E-state index is 15.1. The van der Waals surface area contributed by atoms with Crippen molar-refractivity contribution in [1.82, 2.24) is 0 Å². The second-order valence-electron chi connectivity index (χ2n) is 24.0. The van der Waals surface area contributed by atoms with Crippen molar-refractivity contribution in [3.05, 3.63) is 57.6 Å². The molecule has 0 spiro atoms. The Bertz CT molecular complexity index is 1570. The molecule has 3 N–H and O–H groups in total. The van der Waals surface area contributed by atoms with Crippen LogP contribution in [0.25, 0.3) is 0 Å². The fourth-order valence-electron chi connectivity index (χ4n) is 9.06. The van der Waals surface area contributed by atoms with Gasteiger partial charge in [-0.05, 0) is 92.2 Å². The van der Waals surface area contributed by atoms with Crippen LogP contribution in [0.1, 0.15) is 259 Å². The molecule has 0 unspecified atom stereocenters. The van der Waals surface area contributed by atoms with Crippen molar-refractivity contribution < 1.29 is 29.6 Å². The van der Waals surface area contributed by atoms with E-state index in [1.165, 1.54) is 116 Å². The number of phenolic OH excluding ortho intramolecular Hbond substituents is 2. The number of rotatable bonds is 32. The van der Waals surface area contributed by atoms with Crippen LogP contribution in [-0.2, 0) is 48.8 Å². The number of benzene rings is 2. The SMILES string of the molecule is CCCCCCCCCCCCSC(COC(=O)C(Cc1cc(C(C)(C)C)c(O)c(C(C)(C)C)c1)(Cc1cc(C(C)(C)C)c(O)c(C(C)(C)C)c1)C(=O)O)SCCCCCCCCCCCC. The molecule has 0 aliphatic carbocycles. The van der Waals surface area contributed by atoms with E-state index in [1.807, 2.05) is 131 Å². The van der Waals surface area contributed by atoms with Gasteiger partial charge in [-0.2, -0.15) is 0 Å². The molecule has 67 heavy (non-hydrogen) atoms. The molecule has 0 heterocycles. The predicted molar refractivity (Wildman–Crippen MR) is 292 cm³/mol. The molecule has 0 saturated heterocycles. The van der Waals surface area contributed by atoms with Crippen molar-refractivity contribution in [2.24, 2.45) is 5.41 Å². The molecule has 0 aromatic heterocycles. The van der Waals surface area contributed by atoms with E-state index in [-0.39, 0.29) is 35.5 Å². The van der Waals surface area contributed by atoms with Gasteiger partial charge in [-0.3, -0.25) is 9.59 Å². The summed E-state index contributed by atoms with van der Waals surface area (Å²) in [7, 11) is 0. The summed E-state index contributed by atoms with van der Waals surface area (Å²) in [6, 6.07) is 7.56. The zero-order valence-corrected chi connectivity index (χ0v) is 47.1. The van der Waals surface area contributed by atoms with Gasteiger partial charge in [0.1, 0.15) is 18.1 Å². The van der Waals surface area contributed by atoms with Gasteiger partial charge in [0.2, 0.25) is 0 Å². The summed E-state index contributed by atoms with van der Waals surface area (Å²) >= 11 is 3.71. The van der Waals surface area contributed by atoms with Gasteiger partial charge >= 0.3 is 11.9 Å². The number of hydrogen-bond acceptors (Lipinski definition) is 7. The fourth-order valence-corrected chi connectivity index (χ4v) is 11.6. The molecule has 0 fully saturated rings. The topological polar surface area (TPSA) is 104 Å². The number of aromatic hydroxyl groups is 2. The lowest BCUT2D eigenvalue weighted by Crippen LogP contribution is -2.45. The van der Waals surface area contributed by atoms with E-state index in [9.17, 15) is 20.1 Å². The first-order chi connectivity index (χ1) is 31.3. The maximum Gasteiger partial charge on any atom is 0.324 e. The van der Waals surface area contributed by atoms with Crippen LogP contribution in [0.2, 0.25) is 0 Å². The predicted octanol–water partition coefficient (Wildman–Crippen LogP) is 17.3. The Balaban J connectivity index is 2.52. The van der Waals surface area contributed by atoms with Crippen molar-refractivity contribution in [1.29, 1.82) is 0 Å². The lowest BCUT2D eigenvalue weighted by molar-refractivity contribution is -0.168. The molecule has 0 aliphatic heterocycles. The van der Waals surface area contributed by atoms with Crippen molar-refractivity contribution >= 4 is 35.5 Å². The van der Waals surface area contributed by atoms with E-state index >= 15 is 4.79 Å². The number of carbonyl (C=O) groups is 2. The number of ether oxygens (including phenoxy) is 1. The van der Waals surface area contributed by atoms with Crippen molar-refractivity contribution in [2.75, 3.05) is 18.1 Å². The summed E-state index contributed by atoms with van der Waals surface area (Å²) < 4.78 is 6.35. The van der Waals surface area contributed by atoms with Crippen molar-refractivity contribution in [2.45, 2.75) is 264 Å². The van der Waals surface area contributed by atoms with Crippen LogP contribution in [0.4, 0.5) is 0 Å². The summed E-state index contributed by atoms with van der Waals surface area (Å²) in [6.45, 7) is 29.1. The first-order valence-corrected chi connectivity index (χ1v) is 28.8. The van der Waals surface area contributed by atoms with Crippen LogP contribution < -0.4 is 0 Å². The minimum atomic E-state index is -1.99. The molecule has 0 amide bonds. The van der Waals surface area contributed by atoms with Crippen LogP contribution in [0.15, 0.2) is 24.3 Å². The van der Waals surface area contributed by atoms with E-state index < -0.39 is 39.0 Å². The highest BCUT2D eigenvalue weighted by Gasteiger charge is 2.49. The maximum absolute atomic E-state index is 15.1. The number of unbranched alkanes of at least 4 members (excludes halogenated alkanes) is 18. The molecule has 0 radical (unpaired) electrons. The van der Waals surface area contributed by atoms with Crippen molar-refractivity contribution in [3.63, 3.8) is 0 Å². The zero-order chi connectivity index (χ0) is 50.5. The third kappa shape index (κ3) is 21.3. The van der Waals surface area contributed by atoms with Gasteiger partial charge in [0, 0.05) is 0 Å². The zero-order valence-electron chi connectivity index (χ0n) is 45.4. The molecule has 8 heteroatoms. The number of carboxylic acid groups (broad SMARTS) is 1. The smallest absolute Gasteiger partial charge is 0.324 e. The molecule has 2 rings (SSSR count). The van der Waals surface area contributed by atoms with Crippen molar-refractivity contribution in [3.8, 4) is 11.5 Å². The molecule has 2 aromatic rings. The van der Waals surface area contributed by atoms with Gasteiger partial charge in [0.15, 0.2) is 5.41 Å². The normalized spacial score (nSPS) is 12.9. The molecular weight excluding hydrogens is 869 g/mol. The lowest BCUT2D eigenvalue weighted by atomic mass is 9.71. The Morgan fingerprint density at radius 2 is 0.746 bits per heavy atom. The fraction of sp³-hybridized carbons (Fsp3) is 0.763. The number of hydrogen-bond donors (Lipinski definition) is 3. The largest absolute Gasteiger partial charge is 0.507 e. The Morgan fingerprint density at radius 1 is 0.478 bits per heavy atom. The van der Waals surface area contributed by atoms with Crippen LogP contribution in [0, 0.1) is 5.41 Å². The molecule has 2 aromatic carbocycles.